The van der Waals surface area contributed by atoms with Gasteiger partial charge in [0.1, 0.15) is 0 Å². The predicted molar refractivity (Wildman–Crippen MR) is 45.2 cm³/mol. The molecular formula is C9H13F2NO2. The average Bonchev–Trinajstić information content (AvgIpc) is 2.46. The molecule has 0 aromatic heterocycles. The van der Waals surface area contributed by atoms with Crippen molar-refractivity contribution in [2.24, 2.45) is 11.3 Å². The van der Waals surface area contributed by atoms with Crippen LogP contribution >= 0.6 is 0 Å². The van der Waals surface area contributed by atoms with E-state index in [-0.39, 0.29) is 19.3 Å². The Morgan fingerprint density at radius 1 is 1.43 bits per heavy atom. The Hall–Kier alpha value is -0.710. The van der Waals surface area contributed by atoms with Crippen LogP contribution in [-0.2, 0) is 4.79 Å². The Morgan fingerprint density at radius 3 is 2.79 bits per heavy atom. The van der Waals surface area contributed by atoms with Gasteiger partial charge in [0.05, 0.1) is 5.41 Å². The predicted octanol–water partition coefficient (Wildman–Crippen LogP) is 1.10. The summed E-state index contributed by atoms with van der Waals surface area (Å²) >= 11 is 0. The summed E-state index contributed by atoms with van der Waals surface area (Å²) in [5.74, 6) is -4.01. The van der Waals surface area contributed by atoms with E-state index in [2.05, 4.69) is 5.32 Å². The highest BCUT2D eigenvalue weighted by atomic mass is 19.3. The molecule has 2 N–H and O–H groups in total. The zero-order valence-electron chi connectivity index (χ0n) is 7.72. The Balaban J connectivity index is 2.23. The average molecular weight is 205 g/mol. The first-order valence-electron chi connectivity index (χ1n) is 4.78. The molecule has 0 spiro atoms. The standard InChI is InChI=1S/C9H13F2NO2/c10-9(11)2-1-8(7(13)14)5-12-4-6(8)3-9/h6,12H,1-5H2,(H,13,14)/t6-,8-/m1/s1. The third-order valence-electron chi connectivity index (χ3n) is 3.52. The molecule has 0 aromatic rings. The number of carboxylic acid groups (broad SMARTS) is 1. The van der Waals surface area contributed by atoms with E-state index >= 15 is 0 Å². The first kappa shape index (κ1) is 9.83. The van der Waals surface area contributed by atoms with E-state index in [0.717, 1.165) is 0 Å². The van der Waals surface area contributed by atoms with Gasteiger partial charge in [-0.25, -0.2) is 8.78 Å². The molecular weight excluding hydrogens is 192 g/mol. The van der Waals surface area contributed by atoms with Crippen molar-refractivity contribution < 1.29 is 18.7 Å². The van der Waals surface area contributed by atoms with Crippen molar-refractivity contribution in [3.05, 3.63) is 0 Å². The normalized spacial score (nSPS) is 40.6. The van der Waals surface area contributed by atoms with Crippen LogP contribution in [-0.4, -0.2) is 30.1 Å². The second kappa shape index (κ2) is 2.89. The molecule has 1 aliphatic heterocycles. The van der Waals surface area contributed by atoms with Gasteiger partial charge in [-0.2, -0.15) is 0 Å². The van der Waals surface area contributed by atoms with Gasteiger partial charge in [0.2, 0.25) is 5.92 Å². The van der Waals surface area contributed by atoms with Crippen molar-refractivity contribution in [1.29, 1.82) is 0 Å². The highest BCUT2D eigenvalue weighted by Crippen LogP contribution is 2.49. The summed E-state index contributed by atoms with van der Waals surface area (Å²) in [6.07, 6.45) is -0.489. The summed E-state index contributed by atoms with van der Waals surface area (Å²) < 4.78 is 26.1. The van der Waals surface area contributed by atoms with Gasteiger partial charge in [0.25, 0.3) is 0 Å². The van der Waals surface area contributed by atoms with Crippen molar-refractivity contribution in [2.75, 3.05) is 13.1 Å². The molecule has 0 aromatic carbocycles. The topological polar surface area (TPSA) is 49.3 Å². The lowest BCUT2D eigenvalue weighted by Gasteiger charge is -2.38. The van der Waals surface area contributed by atoms with Crippen molar-refractivity contribution in [3.63, 3.8) is 0 Å². The fourth-order valence-electron chi connectivity index (χ4n) is 2.59. The lowest BCUT2D eigenvalue weighted by Crippen LogP contribution is -2.46. The highest BCUT2D eigenvalue weighted by Gasteiger charge is 2.56. The van der Waals surface area contributed by atoms with Crippen LogP contribution in [0.5, 0.6) is 0 Å². The van der Waals surface area contributed by atoms with Crippen molar-refractivity contribution >= 4 is 5.97 Å². The molecule has 0 unspecified atom stereocenters. The Kier molecular flexibility index (Phi) is 2.03. The number of carboxylic acids is 1. The summed E-state index contributed by atoms with van der Waals surface area (Å²) in [7, 11) is 0. The summed E-state index contributed by atoms with van der Waals surface area (Å²) in [5, 5.41) is 12.0. The van der Waals surface area contributed by atoms with Gasteiger partial charge in [-0.05, 0) is 18.9 Å². The monoisotopic (exact) mass is 205 g/mol. The minimum Gasteiger partial charge on any atom is -0.481 e. The van der Waals surface area contributed by atoms with Crippen LogP contribution in [0, 0.1) is 11.3 Å². The molecule has 2 fully saturated rings. The molecule has 2 atom stereocenters. The fraction of sp³-hybridized carbons (Fsp3) is 0.889. The summed E-state index contributed by atoms with van der Waals surface area (Å²) in [6.45, 7) is 0.741. The van der Waals surface area contributed by atoms with Gasteiger partial charge in [0.15, 0.2) is 0 Å². The van der Waals surface area contributed by atoms with E-state index in [1.165, 1.54) is 0 Å². The largest absolute Gasteiger partial charge is 0.481 e. The first-order chi connectivity index (χ1) is 6.46. The molecule has 2 aliphatic rings. The van der Waals surface area contributed by atoms with E-state index in [0.29, 0.717) is 13.1 Å². The van der Waals surface area contributed by atoms with Crippen molar-refractivity contribution in [2.45, 2.75) is 25.2 Å². The number of nitrogens with one attached hydrogen (secondary N) is 1. The molecule has 1 aliphatic carbocycles. The van der Waals surface area contributed by atoms with Crippen LogP contribution < -0.4 is 5.32 Å². The van der Waals surface area contributed by atoms with Gasteiger partial charge in [-0.3, -0.25) is 4.79 Å². The summed E-state index contributed by atoms with van der Waals surface area (Å²) in [6, 6.07) is 0. The summed E-state index contributed by atoms with van der Waals surface area (Å²) in [4.78, 5) is 11.1. The van der Waals surface area contributed by atoms with Crippen LogP contribution in [0.4, 0.5) is 8.78 Å². The van der Waals surface area contributed by atoms with Crippen molar-refractivity contribution in [1.82, 2.24) is 5.32 Å². The van der Waals surface area contributed by atoms with Gasteiger partial charge in [-0.1, -0.05) is 0 Å². The maximum absolute atomic E-state index is 13.1. The third-order valence-corrected chi connectivity index (χ3v) is 3.52. The van der Waals surface area contributed by atoms with Gasteiger partial charge >= 0.3 is 5.97 Å². The zero-order valence-corrected chi connectivity index (χ0v) is 7.72. The highest BCUT2D eigenvalue weighted by molar-refractivity contribution is 5.76. The zero-order chi connectivity index (χ0) is 10.4. The maximum Gasteiger partial charge on any atom is 0.311 e. The van der Waals surface area contributed by atoms with Crippen molar-refractivity contribution in [3.8, 4) is 0 Å². The number of rotatable bonds is 1. The smallest absolute Gasteiger partial charge is 0.311 e. The Bertz CT molecular complexity index is 270. The number of hydrogen-bond acceptors (Lipinski definition) is 2. The number of alkyl halides is 2. The molecule has 0 radical (unpaired) electrons. The van der Waals surface area contributed by atoms with Crippen LogP contribution in [0.2, 0.25) is 0 Å². The lowest BCUT2D eigenvalue weighted by molar-refractivity contribution is -0.159. The quantitative estimate of drug-likeness (QED) is 0.673. The van der Waals surface area contributed by atoms with E-state index in [1.807, 2.05) is 0 Å². The van der Waals surface area contributed by atoms with E-state index < -0.39 is 23.2 Å². The van der Waals surface area contributed by atoms with E-state index in [1.54, 1.807) is 0 Å². The number of halogens is 2. The molecule has 1 heterocycles. The van der Waals surface area contributed by atoms with Crippen LogP contribution in [0.15, 0.2) is 0 Å². The van der Waals surface area contributed by atoms with Crippen LogP contribution in [0.25, 0.3) is 0 Å². The SMILES string of the molecule is O=C(O)[C@@]12CCC(F)(F)C[C@@H]1CNC2. The number of hydrogen-bond donors (Lipinski definition) is 2. The molecule has 0 amide bonds. The van der Waals surface area contributed by atoms with E-state index in [4.69, 9.17) is 5.11 Å². The molecule has 2 rings (SSSR count). The molecule has 14 heavy (non-hydrogen) atoms. The van der Waals surface area contributed by atoms with E-state index in [9.17, 15) is 13.6 Å². The van der Waals surface area contributed by atoms with Gasteiger partial charge in [0, 0.05) is 19.4 Å². The number of carbonyl (C=O) groups is 1. The van der Waals surface area contributed by atoms with Gasteiger partial charge < -0.3 is 10.4 Å². The lowest BCUT2D eigenvalue weighted by atomic mass is 9.67. The second-order valence-electron chi connectivity index (χ2n) is 4.35. The molecule has 80 valence electrons. The van der Waals surface area contributed by atoms with Gasteiger partial charge in [-0.15, -0.1) is 0 Å². The molecule has 3 nitrogen and oxygen atoms in total. The summed E-state index contributed by atoms with van der Waals surface area (Å²) in [5.41, 5.74) is -0.929. The Labute approximate surface area is 80.5 Å². The third kappa shape index (κ3) is 1.30. The second-order valence-corrected chi connectivity index (χ2v) is 4.35. The maximum atomic E-state index is 13.1. The Morgan fingerprint density at radius 2 is 2.14 bits per heavy atom. The van der Waals surface area contributed by atoms with Crippen LogP contribution in [0.3, 0.4) is 0 Å². The molecule has 0 bridgehead atoms. The minimum atomic E-state index is -2.67. The fourth-order valence-corrected chi connectivity index (χ4v) is 2.59. The first-order valence-corrected chi connectivity index (χ1v) is 4.78. The number of aliphatic carboxylic acids is 1. The number of fused-ring (bicyclic) bond motifs is 1. The molecule has 1 saturated carbocycles. The van der Waals surface area contributed by atoms with Crippen LogP contribution in [0.1, 0.15) is 19.3 Å². The molecule has 5 heteroatoms. The molecule has 1 saturated heterocycles. The minimum absolute atomic E-state index is 0.0903.